The summed E-state index contributed by atoms with van der Waals surface area (Å²) in [7, 11) is 0. The molecule has 3 heterocycles. The van der Waals surface area contributed by atoms with Crippen LogP contribution in [0.15, 0.2) is 45.4 Å². The number of rotatable bonds is 4. The molecule has 140 valence electrons. The van der Waals surface area contributed by atoms with Gasteiger partial charge in [0.1, 0.15) is 0 Å². The Hall–Kier alpha value is -2.60. The zero-order valence-electron chi connectivity index (χ0n) is 15.2. The van der Waals surface area contributed by atoms with Crippen molar-refractivity contribution in [3.63, 3.8) is 0 Å². The third kappa shape index (κ3) is 3.49. The third-order valence-corrected chi connectivity index (χ3v) is 5.05. The van der Waals surface area contributed by atoms with E-state index in [1.54, 1.807) is 23.1 Å². The van der Waals surface area contributed by atoms with Crippen LogP contribution in [0.5, 0.6) is 0 Å². The SMILES string of the molecule is CC(C)c1cc([C@H]2CCCN2C(=O)c2cc(-c3cccc(Cl)c3)on2)on1. The molecule has 6 nitrogen and oxygen atoms in total. The Bertz CT molecular complexity index is 963. The Kier molecular flexibility index (Phi) is 4.74. The van der Waals surface area contributed by atoms with E-state index >= 15 is 0 Å². The minimum absolute atomic E-state index is 0.121. The molecular weight excluding hydrogens is 366 g/mol. The van der Waals surface area contributed by atoms with Crippen molar-refractivity contribution >= 4 is 17.5 Å². The lowest BCUT2D eigenvalue weighted by Crippen LogP contribution is -2.30. The molecule has 1 amide bonds. The van der Waals surface area contributed by atoms with Gasteiger partial charge in [-0.25, -0.2) is 0 Å². The predicted molar refractivity (Wildman–Crippen MR) is 101 cm³/mol. The molecule has 1 aromatic carbocycles. The monoisotopic (exact) mass is 385 g/mol. The summed E-state index contributed by atoms with van der Waals surface area (Å²) in [5.41, 5.74) is 1.96. The molecule has 27 heavy (non-hydrogen) atoms. The van der Waals surface area contributed by atoms with Crippen LogP contribution in [-0.4, -0.2) is 27.7 Å². The molecule has 0 saturated carbocycles. The number of benzene rings is 1. The highest BCUT2D eigenvalue weighted by molar-refractivity contribution is 6.30. The van der Waals surface area contributed by atoms with Gasteiger partial charge in [0.25, 0.3) is 5.91 Å². The Morgan fingerprint density at radius 2 is 2.07 bits per heavy atom. The Morgan fingerprint density at radius 3 is 2.81 bits per heavy atom. The highest BCUT2D eigenvalue weighted by atomic mass is 35.5. The van der Waals surface area contributed by atoms with Gasteiger partial charge < -0.3 is 13.9 Å². The standard InChI is InChI=1S/C20H20ClN3O3/c1-12(2)15-10-19(27-22-15)17-7-4-8-24(17)20(25)16-11-18(26-23-16)13-5-3-6-14(21)9-13/h3,5-6,9-12,17H,4,7-8H2,1-2H3/t17-/m1/s1. The maximum absolute atomic E-state index is 13.0. The molecule has 1 fully saturated rings. The predicted octanol–water partition coefficient (Wildman–Crippen LogP) is 5.08. The minimum Gasteiger partial charge on any atom is -0.359 e. The van der Waals surface area contributed by atoms with E-state index in [2.05, 4.69) is 24.2 Å². The molecule has 7 heteroatoms. The Morgan fingerprint density at radius 1 is 1.22 bits per heavy atom. The highest BCUT2D eigenvalue weighted by Gasteiger charge is 2.34. The smallest absolute Gasteiger partial charge is 0.276 e. The molecule has 0 N–H and O–H groups in total. The van der Waals surface area contributed by atoms with E-state index in [1.165, 1.54) is 0 Å². The van der Waals surface area contributed by atoms with E-state index < -0.39 is 0 Å². The molecular formula is C20H20ClN3O3. The number of carbonyl (C=O) groups excluding carboxylic acids is 1. The number of aromatic nitrogens is 2. The molecule has 0 radical (unpaired) electrons. The Balaban J connectivity index is 1.56. The summed E-state index contributed by atoms with van der Waals surface area (Å²) in [5, 5.41) is 8.69. The first-order valence-corrected chi connectivity index (χ1v) is 9.41. The second kappa shape index (κ2) is 7.19. The Labute approximate surface area is 162 Å². The van der Waals surface area contributed by atoms with Crippen molar-refractivity contribution in [2.24, 2.45) is 0 Å². The van der Waals surface area contributed by atoms with E-state index in [-0.39, 0.29) is 23.6 Å². The van der Waals surface area contributed by atoms with E-state index in [1.807, 2.05) is 18.2 Å². The molecule has 3 aromatic rings. The van der Waals surface area contributed by atoms with E-state index in [9.17, 15) is 4.79 Å². The molecule has 1 aliphatic rings. The lowest BCUT2D eigenvalue weighted by Gasteiger charge is -2.21. The van der Waals surface area contributed by atoms with Crippen LogP contribution in [0, 0.1) is 0 Å². The van der Waals surface area contributed by atoms with Crippen molar-refractivity contribution in [3.05, 3.63) is 58.6 Å². The van der Waals surface area contributed by atoms with Gasteiger partial charge in [-0.3, -0.25) is 4.79 Å². The maximum Gasteiger partial charge on any atom is 0.276 e. The van der Waals surface area contributed by atoms with Crippen molar-refractivity contribution in [1.82, 2.24) is 15.2 Å². The summed E-state index contributed by atoms with van der Waals surface area (Å²) in [6.07, 6.45) is 1.75. The first-order valence-electron chi connectivity index (χ1n) is 9.03. The lowest BCUT2D eigenvalue weighted by molar-refractivity contribution is 0.0704. The summed E-state index contributed by atoms with van der Waals surface area (Å²) in [4.78, 5) is 14.8. The summed E-state index contributed by atoms with van der Waals surface area (Å²) in [6.45, 7) is 4.78. The molecule has 0 unspecified atom stereocenters. The van der Waals surface area contributed by atoms with Crippen LogP contribution in [0.3, 0.4) is 0 Å². The average molecular weight is 386 g/mol. The molecule has 0 aliphatic carbocycles. The van der Waals surface area contributed by atoms with Crippen molar-refractivity contribution in [2.75, 3.05) is 6.54 Å². The fourth-order valence-electron chi connectivity index (χ4n) is 3.34. The summed E-state index contributed by atoms with van der Waals surface area (Å²) in [5.74, 6) is 1.35. The summed E-state index contributed by atoms with van der Waals surface area (Å²) >= 11 is 6.03. The average Bonchev–Trinajstić information content (AvgIpc) is 3.40. The van der Waals surface area contributed by atoms with Gasteiger partial charge in [0.2, 0.25) is 0 Å². The lowest BCUT2D eigenvalue weighted by atomic mass is 10.1. The number of likely N-dealkylation sites (tertiary alicyclic amines) is 1. The van der Waals surface area contributed by atoms with Crippen LogP contribution >= 0.6 is 11.6 Å². The quantitative estimate of drug-likeness (QED) is 0.625. The second-order valence-corrected chi connectivity index (χ2v) is 7.49. The van der Waals surface area contributed by atoms with Gasteiger partial charge in [-0.05, 0) is 30.9 Å². The van der Waals surface area contributed by atoms with E-state index in [4.69, 9.17) is 20.6 Å². The molecule has 2 aromatic heterocycles. The number of halogens is 1. The summed E-state index contributed by atoms with van der Waals surface area (Å²) < 4.78 is 10.9. The molecule has 0 spiro atoms. The van der Waals surface area contributed by atoms with Crippen LogP contribution in [0.25, 0.3) is 11.3 Å². The zero-order chi connectivity index (χ0) is 19.0. The van der Waals surface area contributed by atoms with Crippen LogP contribution in [-0.2, 0) is 0 Å². The van der Waals surface area contributed by atoms with E-state index in [0.717, 1.165) is 29.9 Å². The van der Waals surface area contributed by atoms with Gasteiger partial charge in [-0.2, -0.15) is 0 Å². The minimum atomic E-state index is -0.169. The normalized spacial score (nSPS) is 17.0. The second-order valence-electron chi connectivity index (χ2n) is 7.05. The number of amides is 1. The molecule has 1 atom stereocenters. The number of nitrogens with zero attached hydrogens (tertiary/aromatic N) is 3. The van der Waals surface area contributed by atoms with Gasteiger partial charge >= 0.3 is 0 Å². The molecule has 4 rings (SSSR count). The van der Waals surface area contributed by atoms with Crippen LogP contribution in [0.2, 0.25) is 5.02 Å². The van der Waals surface area contributed by atoms with E-state index in [0.29, 0.717) is 17.3 Å². The van der Waals surface area contributed by atoms with Crippen molar-refractivity contribution in [1.29, 1.82) is 0 Å². The molecule has 1 saturated heterocycles. The fourth-order valence-corrected chi connectivity index (χ4v) is 3.53. The molecule has 0 bridgehead atoms. The van der Waals surface area contributed by atoms with Crippen LogP contribution in [0.4, 0.5) is 0 Å². The van der Waals surface area contributed by atoms with Gasteiger partial charge in [-0.15, -0.1) is 0 Å². The first-order chi connectivity index (χ1) is 13.0. The van der Waals surface area contributed by atoms with Gasteiger partial charge in [-0.1, -0.05) is 47.9 Å². The van der Waals surface area contributed by atoms with Crippen LogP contribution in [0.1, 0.15) is 60.6 Å². The zero-order valence-corrected chi connectivity index (χ0v) is 15.9. The van der Waals surface area contributed by atoms with Gasteiger partial charge in [0, 0.05) is 29.3 Å². The number of hydrogen-bond acceptors (Lipinski definition) is 5. The van der Waals surface area contributed by atoms with Crippen molar-refractivity contribution < 1.29 is 13.8 Å². The summed E-state index contributed by atoms with van der Waals surface area (Å²) in [6, 6.07) is 10.7. The van der Waals surface area contributed by atoms with Crippen LogP contribution < -0.4 is 0 Å². The first kappa shape index (κ1) is 17.8. The molecule has 1 aliphatic heterocycles. The highest BCUT2D eigenvalue weighted by Crippen LogP contribution is 2.34. The van der Waals surface area contributed by atoms with Crippen molar-refractivity contribution in [3.8, 4) is 11.3 Å². The third-order valence-electron chi connectivity index (χ3n) is 4.82. The topological polar surface area (TPSA) is 72.4 Å². The fraction of sp³-hybridized carbons (Fsp3) is 0.350. The maximum atomic E-state index is 13.0. The number of hydrogen-bond donors (Lipinski definition) is 0. The van der Waals surface area contributed by atoms with Crippen molar-refractivity contribution in [2.45, 2.75) is 38.6 Å². The van der Waals surface area contributed by atoms with Gasteiger partial charge in [0.15, 0.2) is 17.2 Å². The number of carbonyl (C=O) groups is 1. The largest absolute Gasteiger partial charge is 0.359 e. The van der Waals surface area contributed by atoms with Gasteiger partial charge in [0.05, 0.1) is 11.7 Å².